The monoisotopic (exact) mass is 1070 g/mol. The van der Waals surface area contributed by atoms with E-state index in [4.69, 9.17) is 4.74 Å². The Labute approximate surface area is 476 Å². The summed E-state index contributed by atoms with van der Waals surface area (Å²) in [5.41, 5.74) is 0. The standard InChI is InChI=1S/C70H137NO5/c1-3-5-7-9-11-13-15-17-19-34-38-42-46-50-54-58-62-68(73)67(66-72)71-69(74)63-59-55-51-47-43-39-35-32-30-28-26-24-22-21-23-25-27-29-31-33-37-41-45-49-53-57-61-65-76-70(75)64-60-56-52-48-44-40-36-20-18-16-14-12-10-8-6-4-2/h21-22,67-68,72-73H,3-20,23-66H2,1-2H3,(H,71,74)/b22-21-. The van der Waals surface area contributed by atoms with Gasteiger partial charge in [-0.3, -0.25) is 9.59 Å². The van der Waals surface area contributed by atoms with E-state index in [1.54, 1.807) is 0 Å². The maximum atomic E-state index is 12.5. The number of esters is 1. The van der Waals surface area contributed by atoms with E-state index in [0.29, 0.717) is 25.9 Å². The molecule has 2 unspecified atom stereocenters. The summed E-state index contributed by atoms with van der Waals surface area (Å²) in [6.07, 6.45) is 81.1. The molecule has 0 aromatic carbocycles. The first-order valence-electron chi connectivity index (χ1n) is 34.9. The minimum Gasteiger partial charge on any atom is -0.466 e. The summed E-state index contributed by atoms with van der Waals surface area (Å²) in [7, 11) is 0. The molecular formula is C70H137NO5. The van der Waals surface area contributed by atoms with Crippen LogP contribution in [-0.4, -0.2) is 47.4 Å². The zero-order valence-electron chi connectivity index (χ0n) is 51.8. The average molecular weight is 1070 g/mol. The van der Waals surface area contributed by atoms with Gasteiger partial charge in [0.25, 0.3) is 0 Å². The fourth-order valence-corrected chi connectivity index (χ4v) is 11.2. The lowest BCUT2D eigenvalue weighted by Gasteiger charge is -2.22. The molecule has 1 amide bonds. The molecule has 0 aliphatic rings. The number of rotatable bonds is 66. The van der Waals surface area contributed by atoms with Gasteiger partial charge < -0.3 is 20.3 Å². The minimum absolute atomic E-state index is 0.0196. The SMILES string of the molecule is CCCCCCCCCCCCCCCCCCC(=O)OCCCCCCCCCCCCCC/C=C\CCCCCCCCCCCCCC(=O)NC(CO)C(O)CCCCCCCCCCCCCCCCCC. The molecule has 0 saturated carbocycles. The maximum Gasteiger partial charge on any atom is 0.305 e. The van der Waals surface area contributed by atoms with Crippen LogP contribution >= 0.6 is 0 Å². The molecule has 452 valence electrons. The van der Waals surface area contributed by atoms with Crippen molar-refractivity contribution in [3.63, 3.8) is 0 Å². The van der Waals surface area contributed by atoms with Crippen molar-refractivity contribution in [2.24, 2.45) is 0 Å². The second-order valence-electron chi connectivity index (χ2n) is 24.2. The van der Waals surface area contributed by atoms with Crippen LogP contribution in [0.4, 0.5) is 0 Å². The molecule has 0 fully saturated rings. The second kappa shape index (κ2) is 66.1. The van der Waals surface area contributed by atoms with Crippen LogP contribution in [-0.2, 0) is 14.3 Å². The van der Waals surface area contributed by atoms with Crippen LogP contribution in [0.25, 0.3) is 0 Å². The fourth-order valence-electron chi connectivity index (χ4n) is 11.2. The normalized spacial score (nSPS) is 12.5. The number of hydrogen-bond acceptors (Lipinski definition) is 5. The van der Waals surface area contributed by atoms with Gasteiger partial charge in [-0.2, -0.15) is 0 Å². The number of nitrogens with one attached hydrogen (secondary N) is 1. The Hall–Kier alpha value is -1.40. The van der Waals surface area contributed by atoms with E-state index in [1.165, 1.54) is 327 Å². The summed E-state index contributed by atoms with van der Waals surface area (Å²) < 4.78 is 5.50. The molecule has 2 atom stereocenters. The third-order valence-electron chi connectivity index (χ3n) is 16.6. The zero-order valence-corrected chi connectivity index (χ0v) is 51.8. The van der Waals surface area contributed by atoms with Gasteiger partial charge in [-0.1, -0.05) is 347 Å². The molecule has 0 aromatic rings. The van der Waals surface area contributed by atoms with Crippen LogP contribution in [0.5, 0.6) is 0 Å². The molecule has 0 aromatic heterocycles. The summed E-state index contributed by atoms with van der Waals surface area (Å²) in [5, 5.41) is 23.3. The number of unbranched alkanes of at least 4 members (excludes halogenated alkanes) is 53. The Morgan fingerprint density at radius 1 is 0.355 bits per heavy atom. The van der Waals surface area contributed by atoms with Crippen molar-refractivity contribution in [3.8, 4) is 0 Å². The molecule has 0 rings (SSSR count). The van der Waals surface area contributed by atoms with Crippen LogP contribution in [0.3, 0.4) is 0 Å². The summed E-state index contributed by atoms with van der Waals surface area (Å²) in [6, 6.07) is -0.541. The van der Waals surface area contributed by atoms with Gasteiger partial charge in [0.05, 0.1) is 25.4 Å². The number of amides is 1. The second-order valence-corrected chi connectivity index (χ2v) is 24.2. The van der Waals surface area contributed by atoms with E-state index in [-0.39, 0.29) is 18.5 Å². The molecule has 0 heterocycles. The molecular weight excluding hydrogens is 935 g/mol. The van der Waals surface area contributed by atoms with Crippen molar-refractivity contribution >= 4 is 11.9 Å². The molecule has 0 spiro atoms. The Balaban J connectivity index is 3.36. The lowest BCUT2D eigenvalue weighted by molar-refractivity contribution is -0.143. The Kier molecular flexibility index (Phi) is 64.9. The first-order chi connectivity index (χ1) is 37.5. The summed E-state index contributed by atoms with van der Waals surface area (Å²) >= 11 is 0. The van der Waals surface area contributed by atoms with Gasteiger partial charge in [-0.05, 0) is 51.4 Å². The van der Waals surface area contributed by atoms with Crippen molar-refractivity contribution in [1.82, 2.24) is 5.32 Å². The predicted octanol–water partition coefficient (Wildman–Crippen LogP) is 22.4. The largest absolute Gasteiger partial charge is 0.466 e. The molecule has 0 aliphatic carbocycles. The van der Waals surface area contributed by atoms with E-state index in [1.807, 2.05) is 0 Å². The van der Waals surface area contributed by atoms with Crippen molar-refractivity contribution in [2.45, 2.75) is 411 Å². The smallest absolute Gasteiger partial charge is 0.305 e. The van der Waals surface area contributed by atoms with Crippen LogP contribution < -0.4 is 5.32 Å². The number of allylic oxidation sites excluding steroid dienone is 2. The maximum absolute atomic E-state index is 12.5. The van der Waals surface area contributed by atoms with Gasteiger partial charge >= 0.3 is 5.97 Å². The van der Waals surface area contributed by atoms with Crippen molar-refractivity contribution in [3.05, 3.63) is 12.2 Å². The third-order valence-corrected chi connectivity index (χ3v) is 16.6. The predicted molar refractivity (Wildman–Crippen MR) is 333 cm³/mol. The number of carbonyl (C=O) groups is 2. The van der Waals surface area contributed by atoms with E-state index < -0.39 is 12.1 Å². The number of aliphatic hydroxyl groups excluding tert-OH is 2. The van der Waals surface area contributed by atoms with Gasteiger partial charge in [0.1, 0.15) is 0 Å². The zero-order chi connectivity index (χ0) is 55.0. The van der Waals surface area contributed by atoms with E-state index in [2.05, 4.69) is 31.3 Å². The number of aliphatic hydroxyl groups is 2. The van der Waals surface area contributed by atoms with Gasteiger partial charge in [0.15, 0.2) is 0 Å². The van der Waals surface area contributed by atoms with E-state index in [9.17, 15) is 19.8 Å². The molecule has 3 N–H and O–H groups in total. The van der Waals surface area contributed by atoms with Crippen LogP contribution in [0.2, 0.25) is 0 Å². The molecule has 6 nitrogen and oxygen atoms in total. The first kappa shape index (κ1) is 74.6. The third kappa shape index (κ3) is 61.8. The van der Waals surface area contributed by atoms with E-state index in [0.717, 1.165) is 38.5 Å². The number of carbonyl (C=O) groups excluding carboxylic acids is 2. The quantitative estimate of drug-likeness (QED) is 0.0320. The van der Waals surface area contributed by atoms with Crippen LogP contribution in [0.1, 0.15) is 399 Å². The summed E-state index contributed by atoms with van der Waals surface area (Å²) in [6.45, 7) is 5.00. The van der Waals surface area contributed by atoms with Crippen molar-refractivity contribution in [1.29, 1.82) is 0 Å². The van der Waals surface area contributed by atoms with Crippen molar-refractivity contribution < 1.29 is 24.5 Å². The minimum atomic E-state index is -0.664. The first-order valence-corrected chi connectivity index (χ1v) is 34.9. The molecule has 0 radical (unpaired) electrons. The highest BCUT2D eigenvalue weighted by Gasteiger charge is 2.20. The molecule has 0 aliphatic heterocycles. The highest BCUT2D eigenvalue weighted by atomic mass is 16.5. The highest BCUT2D eigenvalue weighted by molar-refractivity contribution is 5.76. The molecule has 76 heavy (non-hydrogen) atoms. The molecule has 6 heteroatoms. The molecule has 0 bridgehead atoms. The van der Waals surface area contributed by atoms with Gasteiger partial charge in [-0.15, -0.1) is 0 Å². The Morgan fingerprint density at radius 3 is 0.934 bits per heavy atom. The number of ether oxygens (including phenoxy) is 1. The van der Waals surface area contributed by atoms with Crippen LogP contribution in [0, 0.1) is 0 Å². The van der Waals surface area contributed by atoms with Gasteiger partial charge in [0, 0.05) is 12.8 Å². The summed E-state index contributed by atoms with van der Waals surface area (Å²) in [4.78, 5) is 24.6. The number of hydrogen-bond donors (Lipinski definition) is 3. The molecule has 0 saturated heterocycles. The topological polar surface area (TPSA) is 95.9 Å². The van der Waals surface area contributed by atoms with Gasteiger partial charge in [0.2, 0.25) is 5.91 Å². The van der Waals surface area contributed by atoms with Gasteiger partial charge in [-0.25, -0.2) is 0 Å². The average Bonchev–Trinajstić information content (AvgIpc) is 3.42. The Bertz CT molecular complexity index is 1140. The Morgan fingerprint density at radius 2 is 0.618 bits per heavy atom. The summed E-state index contributed by atoms with van der Waals surface area (Å²) in [5.74, 6) is -0.0127. The van der Waals surface area contributed by atoms with Crippen LogP contribution in [0.15, 0.2) is 12.2 Å². The van der Waals surface area contributed by atoms with Crippen molar-refractivity contribution in [2.75, 3.05) is 13.2 Å². The highest BCUT2D eigenvalue weighted by Crippen LogP contribution is 2.19. The lowest BCUT2D eigenvalue weighted by atomic mass is 10.0. The lowest BCUT2D eigenvalue weighted by Crippen LogP contribution is -2.45. The van der Waals surface area contributed by atoms with E-state index >= 15 is 0 Å². The fraction of sp³-hybridized carbons (Fsp3) is 0.943.